The van der Waals surface area contributed by atoms with Gasteiger partial charge < -0.3 is 0 Å². The number of fused-ring (bicyclic) bond motifs is 1. The second-order valence-corrected chi connectivity index (χ2v) is 5.94. The van der Waals surface area contributed by atoms with E-state index in [9.17, 15) is 10.1 Å². The first-order chi connectivity index (χ1) is 11.7. The highest BCUT2D eigenvalue weighted by atomic mass is 32.2. The molecular formula is C15H10N6O2S. The number of rotatable bonds is 3. The zero-order chi connectivity index (χ0) is 16.5. The Balaban J connectivity index is 1.78. The number of nitro groups is 1. The topological polar surface area (TPSA) is 99.1 Å². The van der Waals surface area contributed by atoms with Crippen molar-refractivity contribution in [2.24, 2.45) is 5.10 Å². The number of aromatic nitrogens is 4. The zero-order valence-electron chi connectivity index (χ0n) is 12.2. The van der Waals surface area contributed by atoms with Crippen molar-refractivity contribution in [3.8, 4) is 11.4 Å². The fourth-order valence-electron chi connectivity index (χ4n) is 2.34. The van der Waals surface area contributed by atoms with E-state index in [2.05, 4.69) is 20.3 Å². The van der Waals surface area contributed by atoms with Crippen molar-refractivity contribution >= 4 is 23.2 Å². The fourth-order valence-corrected chi connectivity index (χ4v) is 3.18. The van der Waals surface area contributed by atoms with Gasteiger partial charge in [0.2, 0.25) is 5.16 Å². The number of hydrogen-bond acceptors (Lipinski definition) is 7. The van der Waals surface area contributed by atoms with E-state index in [0.29, 0.717) is 22.3 Å². The van der Waals surface area contributed by atoms with Crippen LogP contribution in [0.4, 0.5) is 5.69 Å². The summed E-state index contributed by atoms with van der Waals surface area (Å²) in [6.45, 7) is 0. The molecule has 8 nitrogen and oxygen atoms in total. The van der Waals surface area contributed by atoms with E-state index in [1.165, 1.54) is 23.9 Å². The van der Waals surface area contributed by atoms with Crippen LogP contribution in [0.5, 0.6) is 0 Å². The molecule has 0 N–H and O–H groups in total. The van der Waals surface area contributed by atoms with Crippen molar-refractivity contribution in [2.45, 2.75) is 5.16 Å². The van der Waals surface area contributed by atoms with Gasteiger partial charge in [-0.25, -0.2) is 0 Å². The predicted octanol–water partition coefficient (Wildman–Crippen LogP) is 2.61. The molecule has 0 radical (unpaired) electrons. The molecule has 0 saturated heterocycles. The third-order valence-corrected chi connectivity index (χ3v) is 4.41. The van der Waals surface area contributed by atoms with Gasteiger partial charge in [-0.2, -0.15) is 9.78 Å². The van der Waals surface area contributed by atoms with E-state index in [1.54, 1.807) is 23.1 Å². The van der Waals surface area contributed by atoms with Crippen molar-refractivity contribution in [3.63, 3.8) is 0 Å². The molecule has 1 aliphatic heterocycles. The van der Waals surface area contributed by atoms with Gasteiger partial charge in [-0.05, 0) is 12.1 Å². The van der Waals surface area contributed by atoms with Crippen molar-refractivity contribution in [1.29, 1.82) is 0 Å². The van der Waals surface area contributed by atoms with Gasteiger partial charge in [0.1, 0.15) is 0 Å². The summed E-state index contributed by atoms with van der Waals surface area (Å²) < 4.78 is 1.65. The minimum absolute atomic E-state index is 0.0437. The van der Waals surface area contributed by atoms with Gasteiger partial charge in [0.25, 0.3) is 5.69 Å². The third-order valence-electron chi connectivity index (χ3n) is 3.48. The molecule has 9 heteroatoms. The average molecular weight is 338 g/mol. The maximum atomic E-state index is 11.0. The lowest BCUT2D eigenvalue weighted by molar-refractivity contribution is -0.384. The molecule has 3 aromatic rings. The summed E-state index contributed by atoms with van der Waals surface area (Å²) in [7, 11) is 0. The van der Waals surface area contributed by atoms with Crippen LogP contribution in [0.25, 0.3) is 11.4 Å². The van der Waals surface area contributed by atoms with Crippen LogP contribution in [0.15, 0.2) is 59.0 Å². The first-order valence-corrected chi connectivity index (χ1v) is 8.02. The molecule has 1 aromatic carbocycles. The Morgan fingerprint density at radius 2 is 2.04 bits per heavy atom. The van der Waals surface area contributed by atoms with E-state index in [0.717, 1.165) is 11.3 Å². The smallest absolute Gasteiger partial charge is 0.264 e. The normalized spacial score (nSPS) is 13.2. The quantitative estimate of drug-likeness (QED) is 0.537. The van der Waals surface area contributed by atoms with Crippen molar-refractivity contribution in [2.75, 3.05) is 5.75 Å². The molecule has 0 bridgehead atoms. The predicted molar refractivity (Wildman–Crippen MR) is 89.0 cm³/mol. The van der Waals surface area contributed by atoms with E-state index < -0.39 is 4.92 Å². The average Bonchev–Trinajstić information content (AvgIpc) is 3.05. The van der Waals surface area contributed by atoms with Crippen molar-refractivity contribution in [1.82, 2.24) is 19.9 Å². The summed E-state index contributed by atoms with van der Waals surface area (Å²) in [5, 5.41) is 24.6. The van der Waals surface area contributed by atoms with Crippen LogP contribution in [-0.2, 0) is 0 Å². The van der Waals surface area contributed by atoms with E-state index in [-0.39, 0.29) is 5.69 Å². The Labute approximate surface area is 140 Å². The maximum absolute atomic E-state index is 11.0. The molecule has 0 atom stereocenters. The minimum atomic E-state index is -0.411. The van der Waals surface area contributed by atoms with Gasteiger partial charge in [-0.1, -0.05) is 23.9 Å². The van der Waals surface area contributed by atoms with Crippen LogP contribution in [0.2, 0.25) is 0 Å². The molecule has 0 unspecified atom stereocenters. The lowest BCUT2D eigenvalue weighted by atomic mass is 10.1. The second-order valence-electron chi connectivity index (χ2n) is 5.00. The summed E-state index contributed by atoms with van der Waals surface area (Å²) >= 11 is 1.49. The molecule has 0 fully saturated rings. The Morgan fingerprint density at radius 3 is 2.83 bits per heavy atom. The largest absolute Gasteiger partial charge is 0.270 e. The molecule has 0 amide bonds. The number of pyridine rings is 1. The zero-order valence-corrected chi connectivity index (χ0v) is 13.1. The molecule has 3 heterocycles. The Morgan fingerprint density at radius 1 is 1.17 bits per heavy atom. The molecule has 4 rings (SSSR count). The van der Waals surface area contributed by atoms with E-state index >= 15 is 0 Å². The Bertz CT molecular complexity index is 954. The van der Waals surface area contributed by atoms with E-state index in [4.69, 9.17) is 0 Å². The Kier molecular flexibility index (Phi) is 3.54. The molecule has 118 valence electrons. The van der Waals surface area contributed by atoms with Crippen molar-refractivity contribution < 1.29 is 4.92 Å². The second kappa shape index (κ2) is 5.85. The SMILES string of the molecule is O=[N+]([O-])c1cccc(C2=Nn3c(nnc3-c3cccnc3)SC2)c1. The van der Waals surface area contributed by atoms with Crippen LogP contribution < -0.4 is 0 Å². The van der Waals surface area contributed by atoms with Crippen molar-refractivity contribution in [3.05, 3.63) is 64.5 Å². The highest BCUT2D eigenvalue weighted by Gasteiger charge is 2.21. The lowest BCUT2D eigenvalue weighted by Gasteiger charge is -2.13. The lowest BCUT2D eigenvalue weighted by Crippen LogP contribution is -2.14. The van der Waals surface area contributed by atoms with E-state index in [1.807, 2.05) is 18.2 Å². The molecule has 2 aromatic heterocycles. The number of thioether (sulfide) groups is 1. The molecule has 0 spiro atoms. The summed E-state index contributed by atoms with van der Waals surface area (Å²) in [5.41, 5.74) is 2.30. The molecular weight excluding hydrogens is 328 g/mol. The van der Waals surface area contributed by atoms with Gasteiger partial charge in [0.15, 0.2) is 5.82 Å². The van der Waals surface area contributed by atoms with Crippen LogP contribution >= 0.6 is 11.8 Å². The summed E-state index contributed by atoms with van der Waals surface area (Å²) in [5.74, 6) is 1.17. The number of nitro benzene ring substituents is 1. The summed E-state index contributed by atoms with van der Waals surface area (Å²) in [6.07, 6.45) is 3.38. The van der Waals surface area contributed by atoms with Gasteiger partial charge in [0, 0.05) is 41.4 Å². The summed E-state index contributed by atoms with van der Waals surface area (Å²) in [6, 6.07) is 10.2. The number of non-ortho nitro benzene ring substituents is 1. The molecule has 24 heavy (non-hydrogen) atoms. The standard InChI is InChI=1S/C15H10N6O2S/c22-21(23)12-5-1-3-10(7-12)13-9-24-15-18-17-14(20(15)19-13)11-4-2-6-16-8-11/h1-8H,9H2. The van der Waals surface area contributed by atoms with Crippen LogP contribution in [-0.4, -0.2) is 36.2 Å². The van der Waals surface area contributed by atoms with Gasteiger partial charge >= 0.3 is 0 Å². The minimum Gasteiger partial charge on any atom is -0.264 e. The number of nitrogens with zero attached hydrogens (tertiary/aromatic N) is 6. The Hall–Kier alpha value is -3.07. The fraction of sp³-hybridized carbons (Fsp3) is 0.0667. The van der Waals surface area contributed by atoms with Crippen LogP contribution in [0.1, 0.15) is 5.56 Å². The third kappa shape index (κ3) is 2.54. The van der Waals surface area contributed by atoms with Gasteiger partial charge in [0.05, 0.1) is 10.6 Å². The number of benzene rings is 1. The molecule has 0 saturated carbocycles. The first kappa shape index (κ1) is 14.5. The van der Waals surface area contributed by atoms with Gasteiger partial charge in [-0.3, -0.25) is 15.1 Å². The van der Waals surface area contributed by atoms with Crippen LogP contribution in [0, 0.1) is 10.1 Å². The highest BCUT2D eigenvalue weighted by Crippen LogP contribution is 2.28. The van der Waals surface area contributed by atoms with Gasteiger partial charge in [-0.15, -0.1) is 10.2 Å². The highest BCUT2D eigenvalue weighted by molar-refractivity contribution is 7.99. The van der Waals surface area contributed by atoms with Crippen LogP contribution in [0.3, 0.4) is 0 Å². The molecule has 1 aliphatic rings. The monoisotopic (exact) mass is 338 g/mol. The summed E-state index contributed by atoms with van der Waals surface area (Å²) in [4.78, 5) is 14.6. The first-order valence-electron chi connectivity index (χ1n) is 7.03. The number of hydrogen-bond donors (Lipinski definition) is 0. The molecule has 0 aliphatic carbocycles. The maximum Gasteiger partial charge on any atom is 0.270 e.